The van der Waals surface area contributed by atoms with Crippen LogP contribution in [0, 0.1) is 0 Å². The highest BCUT2D eigenvalue weighted by Gasteiger charge is 2.26. The van der Waals surface area contributed by atoms with E-state index in [4.69, 9.17) is 21.1 Å². The van der Waals surface area contributed by atoms with Crippen LogP contribution in [0.25, 0.3) is 5.70 Å². The molecule has 0 spiro atoms. The van der Waals surface area contributed by atoms with Crippen LogP contribution >= 0.6 is 11.6 Å². The number of para-hydroxylation sites is 1. The molecule has 3 N–H and O–H groups in total. The van der Waals surface area contributed by atoms with Gasteiger partial charge in [-0.2, -0.15) is 0 Å². The van der Waals surface area contributed by atoms with Crippen molar-refractivity contribution in [2.45, 2.75) is 12.2 Å². The molecule has 1 aliphatic heterocycles. The maximum atomic E-state index is 10.7. The Morgan fingerprint density at radius 2 is 1.70 bits per heavy atom. The van der Waals surface area contributed by atoms with E-state index in [0.29, 0.717) is 10.8 Å². The topological polar surface area (TPSA) is 62.8 Å². The lowest BCUT2D eigenvalue weighted by molar-refractivity contribution is 0.363. The number of hydrogen-bond donors (Lipinski definition) is 3. The highest BCUT2D eigenvalue weighted by atomic mass is 35.5. The second kappa shape index (κ2) is 8.69. The third-order valence-electron chi connectivity index (χ3n) is 5.15. The monoisotopic (exact) mass is 422 g/mol. The van der Waals surface area contributed by atoms with Crippen molar-refractivity contribution < 1.29 is 14.6 Å². The molecule has 4 rings (SSSR count). The van der Waals surface area contributed by atoms with Gasteiger partial charge in [-0.1, -0.05) is 48.0 Å². The number of phenolic OH excluding ortho intramolecular Hbond substituents is 1. The first-order valence-electron chi connectivity index (χ1n) is 9.59. The lowest BCUT2D eigenvalue weighted by atomic mass is 9.97. The van der Waals surface area contributed by atoms with Crippen LogP contribution in [0.15, 0.2) is 72.8 Å². The Morgan fingerprint density at radius 3 is 2.43 bits per heavy atom. The number of benzene rings is 3. The van der Waals surface area contributed by atoms with Gasteiger partial charge >= 0.3 is 0 Å². The number of hydrogen-bond acceptors (Lipinski definition) is 5. The van der Waals surface area contributed by atoms with E-state index in [1.165, 1.54) is 0 Å². The van der Waals surface area contributed by atoms with Gasteiger partial charge in [-0.15, -0.1) is 0 Å². The summed E-state index contributed by atoms with van der Waals surface area (Å²) >= 11 is 6.07. The van der Waals surface area contributed by atoms with Gasteiger partial charge in [0, 0.05) is 16.3 Å². The third kappa shape index (κ3) is 4.08. The van der Waals surface area contributed by atoms with Gasteiger partial charge < -0.3 is 19.9 Å². The number of phenols is 1. The molecule has 1 aliphatic rings. The molecule has 0 bridgehead atoms. The largest absolute Gasteiger partial charge is 0.504 e. The van der Waals surface area contributed by atoms with Gasteiger partial charge in [0.2, 0.25) is 0 Å². The van der Waals surface area contributed by atoms with Gasteiger partial charge in [0.25, 0.3) is 0 Å². The highest BCUT2D eigenvalue weighted by molar-refractivity contribution is 6.30. The lowest BCUT2D eigenvalue weighted by Gasteiger charge is -2.33. The number of halogens is 1. The van der Waals surface area contributed by atoms with E-state index in [1.807, 2.05) is 60.7 Å². The lowest BCUT2D eigenvalue weighted by Crippen LogP contribution is -2.39. The van der Waals surface area contributed by atoms with Crippen LogP contribution in [0.5, 0.6) is 17.2 Å². The highest BCUT2D eigenvalue weighted by Crippen LogP contribution is 2.38. The van der Waals surface area contributed by atoms with Crippen molar-refractivity contribution in [2.75, 3.05) is 14.2 Å². The Labute approximate surface area is 180 Å². The van der Waals surface area contributed by atoms with E-state index in [2.05, 4.69) is 16.7 Å². The quantitative estimate of drug-likeness (QED) is 0.538. The van der Waals surface area contributed by atoms with E-state index in [1.54, 1.807) is 20.3 Å². The Morgan fingerprint density at radius 1 is 0.933 bits per heavy atom. The first-order valence-corrected chi connectivity index (χ1v) is 9.97. The van der Waals surface area contributed by atoms with Gasteiger partial charge in [-0.3, -0.25) is 5.32 Å². The average Bonchev–Trinajstić information content (AvgIpc) is 2.79. The maximum Gasteiger partial charge on any atom is 0.162 e. The van der Waals surface area contributed by atoms with Crippen LogP contribution in [0.4, 0.5) is 0 Å². The summed E-state index contributed by atoms with van der Waals surface area (Å²) in [6.45, 7) is 0. The van der Waals surface area contributed by atoms with Crippen LogP contribution < -0.4 is 20.1 Å². The Bertz CT molecular complexity index is 1070. The summed E-state index contributed by atoms with van der Waals surface area (Å²) in [7, 11) is 3.19. The van der Waals surface area contributed by atoms with E-state index < -0.39 is 0 Å². The molecular weight excluding hydrogens is 400 g/mol. The Hall–Kier alpha value is -3.15. The Balaban J connectivity index is 1.77. The normalized spacial score (nSPS) is 18.3. The fourth-order valence-electron chi connectivity index (χ4n) is 3.58. The van der Waals surface area contributed by atoms with E-state index in [9.17, 15) is 5.11 Å². The van der Waals surface area contributed by atoms with Crippen molar-refractivity contribution in [2.24, 2.45) is 0 Å². The fraction of sp³-hybridized carbons (Fsp3) is 0.167. The first kappa shape index (κ1) is 20.1. The van der Waals surface area contributed by atoms with Crippen molar-refractivity contribution in [3.8, 4) is 17.2 Å². The predicted molar refractivity (Wildman–Crippen MR) is 119 cm³/mol. The Kier molecular flexibility index (Phi) is 5.84. The molecule has 3 aromatic rings. The van der Waals surface area contributed by atoms with Crippen molar-refractivity contribution in [1.82, 2.24) is 10.6 Å². The molecule has 3 aromatic carbocycles. The molecule has 0 aliphatic carbocycles. The molecule has 6 heteroatoms. The standard InChI is InChI=1S/C24H23ClN2O3/c1-29-18-6-3-5-16(13-18)24-26-20(15-9-11-17(25)12-10-15)14-21(27-24)19-7-4-8-22(30-2)23(19)28/h3-14,21,24,26-28H,1-2H3. The second-order valence-corrected chi connectivity index (χ2v) is 7.42. The van der Waals surface area contributed by atoms with Crippen molar-refractivity contribution in [1.29, 1.82) is 0 Å². The third-order valence-corrected chi connectivity index (χ3v) is 5.40. The SMILES string of the molecule is COc1cccc(C2NC(c3ccc(Cl)cc3)=CC(c3cccc(OC)c3O)N2)c1. The number of ether oxygens (including phenoxy) is 2. The number of nitrogens with one attached hydrogen (secondary N) is 2. The first-order chi connectivity index (χ1) is 14.6. The number of methoxy groups -OCH3 is 2. The van der Waals surface area contributed by atoms with Crippen LogP contribution in [-0.4, -0.2) is 19.3 Å². The molecule has 0 amide bonds. The second-order valence-electron chi connectivity index (χ2n) is 6.98. The summed E-state index contributed by atoms with van der Waals surface area (Å²) < 4.78 is 10.7. The molecule has 1 heterocycles. The summed E-state index contributed by atoms with van der Waals surface area (Å²) in [6, 6.07) is 20.8. The van der Waals surface area contributed by atoms with Crippen LogP contribution in [0.2, 0.25) is 5.02 Å². The minimum atomic E-state index is -0.247. The molecule has 0 saturated carbocycles. The zero-order chi connectivity index (χ0) is 21.1. The van der Waals surface area contributed by atoms with Gasteiger partial charge in [-0.05, 0) is 47.5 Å². The summed E-state index contributed by atoms with van der Waals surface area (Å²) in [5.74, 6) is 1.34. The van der Waals surface area contributed by atoms with Crippen molar-refractivity contribution >= 4 is 17.3 Å². The van der Waals surface area contributed by atoms with Crippen molar-refractivity contribution in [3.63, 3.8) is 0 Å². The summed E-state index contributed by atoms with van der Waals surface area (Å²) in [5.41, 5.74) is 3.68. The van der Waals surface area contributed by atoms with E-state index in [-0.39, 0.29) is 18.0 Å². The van der Waals surface area contributed by atoms with Gasteiger partial charge in [0.15, 0.2) is 11.5 Å². The van der Waals surface area contributed by atoms with E-state index in [0.717, 1.165) is 28.1 Å². The van der Waals surface area contributed by atoms with Crippen LogP contribution in [-0.2, 0) is 0 Å². The maximum absolute atomic E-state index is 10.7. The molecule has 0 aromatic heterocycles. The molecule has 2 atom stereocenters. The van der Waals surface area contributed by atoms with E-state index >= 15 is 0 Å². The van der Waals surface area contributed by atoms with Crippen LogP contribution in [0.3, 0.4) is 0 Å². The molecule has 5 nitrogen and oxygen atoms in total. The number of rotatable bonds is 5. The molecule has 30 heavy (non-hydrogen) atoms. The molecule has 0 radical (unpaired) electrons. The smallest absolute Gasteiger partial charge is 0.162 e. The summed E-state index contributed by atoms with van der Waals surface area (Å²) in [5, 5.41) is 18.5. The molecule has 0 saturated heterocycles. The number of aromatic hydroxyl groups is 1. The zero-order valence-corrected chi connectivity index (χ0v) is 17.5. The van der Waals surface area contributed by atoms with Crippen molar-refractivity contribution in [3.05, 3.63) is 94.5 Å². The summed E-state index contributed by atoms with van der Waals surface area (Å²) in [6.07, 6.45) is 1.85. The fourth-order valence-corrected chi connectivity index (χ4v) is 3.71. The zero-order valence-electron chi connectivity index (χ0n) is 16.7. The molecule has 154 valence electrons. The predicted octanol–water partition coefficient (Wildman–Crippen LogP) is 5.04. The molecule has 2 unspecified atom stereocenters. The average molecular weight is 423 g/mol. The van der Waals surface area contributed by atoms with Gasteiger partial charge in [0.1, 0.15) is 11.9 Å². The van der Waals surface area contributed by atoms with Gasteiger partial charge in [0.05, 0.1) is 20.3 Å². The molecular formula is C24H23ClN2O3. The minimum absolute atomic E-state index is 0.121. The molecule has 0 fully saturated rings. The minimum Gasteiger partial charge on any atom is -0.504 e. The summed E-state index contributed by atoms with van der Waals surface area (Å²) in [4.78, 5) is 0. The van der Waals surface area contributed by atoms with Crippen LogP contribution in [0.1, 0.15) is 28.9 Å². The van der Waals surface area contributed by atoms with Gasteiger partial charge in [-0.25, -0.2) is 0 Å².